The summed E-state index contributed by atoms with van der Waals surface area (Å²) < 4.78 is 40.8. The Kier molecular flexibility index (Phi) is 6.41. The third-order valence-corrected chi connectivity index (χ3v) is 4.99. The van der Waals surface area contributed by atoms with Gasteiger partial charge in [-0.3, -0.25) is 0 Å². The largest absolute Gasteiger partial charge is 0.497 e. The van der Waals surface area contributed by atoms with Gasteiger partial charge in [0.15, 0.2) is 0 Å². The van der Waals surface area contributed by atoms with Crippen molar-refractivity contribution in [2.24, 2.45) is 0 Å². The molecule has 0 radical (unpaired) electrons. The van der Waals surface area contributed by atoms with Crippen LogP contribution in [-0.4, -0.2) is 38.3 Å². The van der Waals surface area contributed by atoms with Crippen molar-refractivity contribution < 1.29 is 27.8 Å². The number of nitrogens with zero attached hydrogens (tertiary/aromatic N) is 1. The highest BCUT2D eigenvalue weighted by atomic mass is 19.3. The van der Waals surface area contributed by atoms with Crippen molar-refractivity contribution in [3.05, 3.63) is 47.5 Å². The highest BCUT2D eigenvalue weighted by Gasteiger charge is 2.33. The summed E-state index contributed by atoms with van der Waals surface area (Å²) in [6, 6.07) is 9.58. The average Bonchev–Trinajstić information content (AvgIpc) is 3.19. The SMILES string of the molecule is COc1ccc(OC)c(C2CCCN2C(=O)Nc2c(C)cccc2OC(F)F)c1. The van der Waals surface area contributed by atoms with Crippen LogP contribution in [0.25, 0.3) is 0 Å². The van der Waals surface area contributed by atoms with Crippen molar-refractivity contribution in [1.29, 1.82) is 0 Å². The molecule has 2 aromatic carbocycles. The van der Waals surface area contributed by atoms with Gasteiger partial charge in [0.2, 0.25) is 0 Å². The lowest BCUT2D eigenvalue weighted by molar-refractivity contribution is -0.0493. The number of carbonyl (C=O) groups is 1. The first-order chi connectivity index (χ1) is 13.9. The lowest BCUT2D eigenvalue weighted by Crippen LogP contribution is -2.35. The van der Waals surface area contributed by atoms with Crippen LogP contribution in [0.2, 0.25) is 0 Å². The zero-order chi connectivity index (χ0) is 21.0. The van der Waals surface area contributed by atoms with Crippen LogP contribution in [-0.2, 0) is 0 Å². The van der Waals surface area contributed by atoms with Gasteiger partial charge >= 0.3 is 12.6 Å². The molecule has 1 N–H and O–H groups in total. The van der Waals surface area contributed by atoms with E-state index < -0.39 is 6.61 Å². The number of nitrogens with one attached hydrogen (secondary N) is 1. The van der Waals surface area contributed by atoms with Crippen molar-refractivity contribution in [2.45, 2.75) is 32.4 Å². The molecule has 1 atom stereocenters. The van der Waals surface area contributed by atoms with Gasteiger partial charge < -0.3 is 24.4 Å². The molecule has 29 heavy (non-hydrogen) atoms. The summed E-state index contributed by atoms with van der Waals surface area (Å²) in [5.41, 5.74) is 1.71. The van der Waals surface area contributed by atoms with Crippen molar-refractivity contribution in [3.63, 3.8) is 0 Å². The molecule has 2 aromatic rings. The third kappa shape index (κ3) is 4.52. The van der Waals surface area contributed by atoms with Crippen molar-refractivity contribution >= 4 is 11.7 Å². The molecule has 8 heteroatoms. The predicted molar refractivity (Wildman–Crippen MR) is 105 cm³/mol. The van der Waals surface area contributed by atoms with Crippen LogP contribution >= 0.6 is 0 Å². The quantitative estimate of drug-likeness (QED) is 0.735. The number of methoxy groups -OCH3 is 2. The van der Waals surface area contributed by atoms with Gasteiger partial charge in [0.25, 0.3) is 0 Å². The van der Waals surface area contributed by atoms with Gasteiger partial charge in [-0.2, -0.15) is 8.78 Å². The summed E-state index contributed by atoms with van der Waals surface area (Å²) in [5.74, 6) is 1.26. The number of alkyl halides is 2. The van der Waals surface area contributed by atoms with E-state index in [1.54, 1.807) is 50.3 Å². The zero-order valence-corrected chi connectivity index (χ0v) is 16.6. The van der Waals surface area contributed by atoms with E-state index in [-0.39, 0.29) is 23.5 Å². The first kappa shape index (κ1) is 20.7. The Balaban J connectivity index is 1.87. The van der Waals surface area contributed by atoms with Crippen LogP contribution < -0.4 is 19.5 Å². The molecule has 1 aliphatic heterocycles. The number of amides is 2. The fourth-order valence-electron chi connectivity index (χ4n) is 3.61. The number of likely N-dealkylation sites (tertiary alicyclic amines) is 1. The van der Waals surface area contributed by atoms with E-state index in [2.05, 4.69) is 10.1 Å². The maximum Gasteiger partial charge on any atom is 0.387 e. The van der Waals surface area contributed by atoms with Crippen LogP contribution in [0.3, 0.4) is 0 Å². The zero-order valence-electron chi connectivity index (χ0n) is 16.6. The second-order valence-corrected chi connectivity index (χ2v) is 6.72. The van der Waals surface area contributed by atoms with Crippen LogP contribution in [0.4, 0.5) is 19.3 Å². The molecule has 1 fully saturated rings. The van der Waals surface area contributed by atoms with E-state index in [0.29, 0.717) is 23.6 Å². The molecular formula is C21H24F2N2O4. The van der Waals surface area contributed by atoms with E-state index >= 15 is 0 Å². The molecule has 0 aliphatic carbocycles. The molecule has 1 saturated heterocycles. The lowest BCUT2D eigenvalue weighted by atomic mass is 10.0. The van der Waals surface area contributed by atoms with E-state index in [1.165, 1.54) is 6.07 Å². The number of rotatable bonds is 6. The summed E-state index contributed by atoms with van der Waals surface area (Å²) in [6.45, 7) is -0.720. The van der Waals surface area contributed by atoms with Crippen LogP contribution in [0, 0.1) is 6.92 Å². The maximum atomic E-state index is 13.0. The number of ether oxygens (including phenoxy) is 3. The second-order valence-electron chi connectivity index (χ2n) is 6.72. The molecule has 0 aromatic heterocycles. The number of benzene rings is 2. The van der Waals surface area contributed by atoms with Gasteiger partial charge in [-0.15, -0.1) is 0 Å². The summed E-state index contributed by atoms with van der Waals surface area (Å²) in [5, 5.41) is 2.75. The summed E-state index contributed by atoms with van der Waals surface area (Å²) in [6.07, 6.45) is 1.57. The minimum atomic E-state index is -2.98. The maximum absolute atomic E-state index is 13.0. The second kappa shape index (κ2) is 8.98. The Morgan fingerprint density at radius 3 is 2.66 bits per heavy atom. The number of carbonyl (C=O) groups excluding carboxylic acids is 1. The van der Waals surface area contributed by atoms with Gasteiger partial charge in [0.05, 0.1) is 25.9 Å². The number of urea groups is 1. The molecule has 6 nitrogen and oxygen atoms in total. The summed E-state index contributed by atoms with van der Waals surface area (Å²) in [7, 11) is 3.15. The standard InChI is InChI=1S/C21H24F2N2O4/c1-13-6-4-8-18(29-20(22)23)19(13)24-21(26)25-11-5-7-16(25)15-12-14(27-2)9-10-17(15)28-3/h4,6,8-10,12,16,20H,5,7,11H2,1-3H3,(H,24,26). The summed E-state index contributed by atoms with van der Waals surface area (Å²) >= 11 is 0. The fraction of sp³-hybridized carbons (Fsp3) is 0.381. The van der Waals surface area contributed by atoms with Gasteiger partial charge in [-0.1, -0.05) is 12.1 Å². The first-order valence-corrected chi connectivity index (χ1v) is 9.28. The molecule has 0 bridgehead atoms. The fourth-order valence-corrected chi connectivity index (χ4v) is 3.61. The van der Waals surface area contributed by atoms with Crippen molar-refractivity contribution in [1.82, 2.24) is 4.90 Å². The van der Waals surface area contributed by atoms with Crippen LogP contribution in [0.5, 0.6) is 17.2 Å². The Morgan fingerprint density at radius 1 is 1.17 bits per heavy atom. The van der Waals surface area contributed by atoms with Crippen molar-refractivity contribution in [3.8, 4) is 17.2 Å². The smallest absolute Gasteiger partial charge is 0.387 e. The van der Waals surface area contributed by atoms with E-state index in [9.17, 15) is 13.6 Å². The topological polar surface area (TPSA) is 60.0 Å². The molecule has 0 spiro atoms. The van der Waals surface area contributed by atoms with Crippen LogP contribution in [0.15, 0.2) is 36.4 Å². The third-order valence-electron chi connectivity index (χ3n) is 4.99. The average molecular weight is 406 g/mol. The summed E-state index contributed by atoms with van der Waals surface area (Å²) in [4.78, 5) is 14.7. The number of hydrogen-bond acceptors (Lipinski definition) is 4. The highest BCUT2D eigenvalue weighted by Crippen LogP contribution is 2.39. The normalized spacial score (nSPS) is 16.1. The predicted octanol–water partition coefficient (Wildman–Crippen LogP) is 4.98. The first-order valence-electron chi connectivity index (χ1n) is 9.28. The van der Waals surface area contributed by atoms with E-state index in [0.717, 1.165) is 18.4 Å². The number of aryl methyl sites for hydroxylation is 1. The molecule has 1 unspecified atom stereocenters. The Labute approximate surface area is 168 Å². The Hall–Kier alpha value is -3.03. The Morgan fingerprint density at radius 2 is 1.97 bits per heavy atom. The van der Waals surface area contributed by atoms with Crippen molar-refractivity contribution in [2.75, 3.05) is 26.1 Å². The number of halogens is 2. The molecule has 1 aliphatic rings. The number of para-hydroxylation sites is 1. The molecule has 156 valence electrons. The van der Waals surface area contributed by atoms with E-state index in [4.69, 9.17) is 9.47 Å². The molecular weight excluding hydrogens is 382 g/mol. The van der Waals surface area contributed by atoms with E-state index in [1.807, 2.05) is 6.07 Å². The molecule has 3 rings (SSSR count). The highest BCUT2D eigenvalue weighted by molar-refractivity contribution is 5.92. The molecule has 2 amide bonds. The molecule has 0 saturated carbocycles. The minimum absolute atomic E-state index is 0.0666. The molecule has 1 heterocycles. The van der Waals surface area contributed by atoms with Gasteiger partial charge in [0, 0.05) is 12.1 Å². The lowest BCUT2D eigenvalue weighted by Gasteiger charge is -2.27. The minimum Gasteiger partial charge on any atom is -0.497 e. The van der Waals surface area contributed by atoms with Gasteiger partial charge in [0.1, 0.15) is 17.2 Å². The number of hydrogen-bond donors (Lipinski definition) is 1. The van der Waals surface area contributed by atoms with Gasteiger partial charge in [-0.25, -0.2) is 4.79 Å². The monoisotopic (exact) mass is 406 g/mol. The number of anilines is 1. The van der Waals surface area contributed by atoms with Gasteiger partial charge in [-0.05, 0) is 49.6 Å². The van der Waals surface area contributed by atoms with Crippen LogP contribution in [0.1, 0.15) is 30.0 Å². The Bertz CT molecular complexity index is 876.